The first-order valence-electron chi connectivity index (χ1n) is 5.40. The van der Waals surface area contributed by atoms with Gasteiger partial charge in [0.2, 0.25) is 0 Å². The van der Waals surface area contributed by atoms with E-state index in [1.807, 2.05) is 24.3 Å². The number of para-hydroxylation sites is 1. The molecule has 1 aliphatic heterocycles. The third-order valence-corrected chi connectivity index (χ3v) is 2.69. The first-order chi connectivity index (χ1) is 7.77. The van der Waals surface area contributed by atoms with E-state index in [0.29, 0.717) is 13.2 Å². The molecule has 0 aliphatic carbocycles. The van der Waals surface area contributed by atoms with Gasteiger partial charge in [-0.1, -0.05) is 18.2 Å². The van der Waals surface area contributed by atoms with Crippen molar-refractivity contribution in [3.8, 4) is 0 Å². The van der Waals surface area contributed by atoms with E-state index >= 15 is 0 Å². The molecule has 1 aromatic carbocycles. The lowest BCUT2D eigenvalue weighted by atomic mass is 10.1. The van der Waals surface area contributed by atoms with Crippen molar-refractivity contribution in [3.63, 3.8) is 0 Å². The Labute approximate surface area is 94.4 Å². The van der Waals surface area contributed by atoms with Gasteiger partial charge in [0.05, 0.1) is 19.6 Å². The summed E-state index contributed by atoms with van der Waals surface area (Å²) in [6, 6.07) is 7.67. The molecule has 0 bridgehead atoms. The SMILES string of the molecule is O=C(O)Cc1ccccc1N1CCOCC1. The highest BCUT2D eigenvalue weighted by atomic mass is 16.5. The van der Waals surface area contributed by atoms with Crippen LogP contribution in [0, 0.1) is 0 Å². The number of anilines is 1. The molecule has 0 aromatic heterocycles. The van der Waals surface area contributed by atoms with Crippen LogP contribution in [-0.2, 0) is 16.0 Å². The third kappa shape index (κ3) is 2.52. The van der Waals surface area contributed by atoms with E-state index in [0.717, 1.165) is 24.3 Å². The van der Waals surface area contributed by atoms with Gasteiger partial charge in [-0.15, -0.1) is 0 Å². The third-order valence-electron chi connectivity index (χ3n) is 2.69. The van der Waals surface area contributed by atoms with Gasteiger partial charge in [0.25, 0.3) is 0 Å². The standard InChI is InChI=1S/C12H15NO3/c14-12(15)9-10-3-1-2-4-11(10)13-5-7-16-8-6-13/h1-4H,5-9H2,(H,14,15). The van der Waals surface area contributed by atoms with Crippen LogP contribution in [-0.4, -0.2) is 37.4 Å². The fraction of sp³-hybridized carbons (Fsp3) is 0.417. The predicted molar refractivity (Wildman–Crippen MR) is 60.8 cm³/mol. The predicted octanol–water partition coefficient (Wildman–Crippen LogP) is 1.15. The van der Waals surface area contributed by atoms with Gasteiger partial charge in [-0.3, -0.25) is 4.79 Å². The Kier molecular flexibility index (Phi) is 3.41. The molecule has 1 heterocycles. The summed E-state index contributed by atoms with van der Waals surface area (Å²) in [7, 11) is 0. The van der Waals surface area contributed by atoms with Crippen LogP contribution >= 0.6 is 0 Å². The molecule has 4 nitrogen and oxygen atoms in total. The van der Waals surface area contributed by atoms with Gasteiger partial charge in [-0.05, 0) is 11.6 Å². The Balaban J connectivity index is 2.20. The molecule has 1 aliphatic rings. The van der Waals surface area contributed by atoms with E-state index in [1.165, 1.54) is 0 Å². The number of nitrogens with zero attached hydrogens (tertiary/aromatic N) is 1. The topological polar surface area (TPSA) is 49.8 Å². The average molecular weight is 221 g/mol. The fourth-order valence-corrected chi connectivity index (χ4v) is 1.94. The smallest absolute Gasteiger partial charge is 0.307 e. The van der Waals surface area contributed by atoms with E-state index in [4.69, 9.17) is 9.84 Å². The van der Waals surface area contributed by atoms with Crippen LogP contribution in [0.3, 0.4) is 0 Å². The minimum absolute atomic E-state index is 0.0769. The highest BCUT2D eigenvalue weighted by Gasteiger charge is 2.15. The van der Waals surface area contributed by atoms with Gasteiger partial charge in [-0.2, -0.15) is 0 Å². The average Bonchev–Trinajstić information content (AvgIpc) is 2.30. The zero-order valence-corrected chi connectivity index (χ0v) is 9.06. The number of carboxylic acid groups (broad SMARTS) is 1. The number of hydrogen-bond acceptors (Lipinski definition) is 3. The second-order valence-electron chi connectivity index (χ2n) is 3.80. The summed E-state index contributed by atoms with van der Waals surface area (Å²) in [6.45, 7) is 3.08. The molecule has 0 amide bonds. The van der Waals surface area contributed by atoms with Crippen LogP contribution < -0.4 is 4.90 Å². The molecule has 16 heavy (non-hydrogen) atoms. The fourth-order valence-electron chi connectivity index (χ4n) is 1.94. The normalized spacial score (nSPS) is 16.1. The molecular formula is C12H15NO3. The van der Waals surface area contributed by atoms with E-state index in [9.17, 15) is 4.79 Å². The summed E-state index contributed by atoms with van der Waals surface area (Å²) in [6.07, 6.45) is 0.0769. The highest BCUT2D eigenvalue weighted by molar-refractivity contribution is 5.73. The molecule has 2 rings (SSSR count). The number of hydrogen-bond donors (Lipinski definition) is 1. The molecule has 1 fully saturated rings. The molecule has 0 radical (unpaired) electrons. The maximum Gasteiger partial charge on any atom is 0.307 e. The number of ether oxygens (including phenoxy) is 1. The zero-order chi connectivity index (χ0) is 11.4. The molecule has 1 N–H and O–H groups in total. The second-order valence-corrected chi connectivity index (χ2v) is 3.80. The summed E-state index contributed by atoms with van der Waals surface area (Å²) < 4.78 is 5.28. The molecular weight excluding hydrogens is 206 g/mol. The Hall–Kier alpha value is -1.55. The van der Waals surface area contributed by atoms with Gasteiger partial charge >= 0.3 is 5.97 Å². The van der Waals surface area contributed by atoms with Crippen molar-refractivity contribution in [2.75, 3.05) is 31.2 Å². The molecule has 86 valence electrons. The number of benzene rings is 1. The number of carbonyl (C=O) groups is 1. The van der Waals surface area contributed by atoms with Crippen LogP contribution in [0.2, 0.25) is 0 Å². The Morgan fingerprint density at radius 1 is 1.31 bits per heavy atom. The highest BCUT2D eigenvalue weighted by Crippen LogP contribution is 2.21. The first-order valence-corrected chi connectivity index (χ1v) is 5.40. The summed E-state index contributed by atoms with van der Waals surface area (Å²) in [5, 5.41) is 8.85. The largest absolute Gasteiger partial charge is 0.481 e. The molecule has 1 aromatic rings. The number of aliphatic carboxylic acids is 1. The van der Waals surface area contributed by atoms with Crippen molar-refractivity contribution < 1.29 is 14.6 Å². The summed E-state index contributed by atoms with van der Waals surface area (Å²) in [4.78, 5) is 12.9. The lowest BCUT2D eigenvalue weighted by Gasteiger charge is -2.30. The van der Waals surface area contributed by atoms with Crippen LogP contribution in [0.15, 0.2) is 24.3 Å². The van der Waals surface area contributed by atoms with Crippen LogP contribution in [0.1, 0.15) is 5.56 Å². The summed E-state index contributed by atoms with van der Waals surface area (Å²) in [5.74, 6) is -0.791. The molecule has 1 saturated heterocycles. The monoisotopic (exact) mass is 221 g/mol. The first kappa shape index (κ1) is 11.0. The van der Waals surface area contributed by atoms with Crippen molar-refractivity contribution in [3.05, 3.63) is 29.8 Å². The van der Waals surface area contributed by atoms with Crippen LogP contribution in [0.25, 0.3) is 0 Å². The lowest BCUT2D eigenvalue weighted by molar-refractivity contribution is -0.136. The van der Waals surface area contributed by atoms with Crippen molar-refractivity contribution in [1.82, 2.24) is 0 Å². The van der Waals surface area contributed by atoms with E-state index in [2.05, 4.69) is 4.90 Å². The van der Waals surface area contributed by atoms with E-state index in [-0.39, 0.29) is 6.42 Å². The minimum atomic E-state index is -0.791. The van der Waals surface area contributed by atoms with Crippen molar-refractivity contribution >= 4 is 11.7 Å². The minimum Gasteiger partial charge on any atom is -0.481 e. The molecule has 0 spiro atoms. The summed E-state index contributed by atoms with van der Waals surface area (Å²) in [5.41, 5.74) is 1.89. The van der Waals surface area contributed by atoms with Crippen molar-refractivity contribution in [2.45, 2.75) is 6.42 Å². The molecule has 0 unspecified atom stereocenters. The van der Waals surface area contributed by atoms with Crippen LogP contribution in [0.4, 0.5) is 5.69 Å². The molecule has 0 saturated carbocycles. The van der Waals surface area contributed by atoms with Crippen molar-refractivity contribution in [1.29, 1.82) is 0 Å². The molecule has 4 heteroatoms. The van der Waals surface area contributed by atoms with Crippen molar-refractivity contribution in [2.24, 2.45) is 0 Å². The summed E-state index contributed by atoms with van der Waals surface area (Å²) >= 11 is 0. The quantitative estimate of drug-likeness (QED) is 0.831. The Morgan fingerprint density at radius 2 is 2.00 bits per heavy atom. The second kappa shape index (κ2) is 4.99. The number of rotatable bonds is 3. The maximum atomic E-state index is 10.8. The van der Waals surface area contributed by atoms with Gasteiger partial charge in [0.15, 0.2) is 0 Å². The van der Waals surface area contributed by atoms with Crippen LogP contribution in [0.5, 0.6) is 0 Å². The van der Waals surface area contributed by atoms with Gasteiger partial charge < -0.3 is 14.7 Å². The van der Waals surface area contributed by atoms with E-state index in [1.54, 1.807) is 0 Å². The van der Waals surface area contributed by atoms with Gasteiger partial charge in [0.1, 0.15) is 0 Å². The van der Waals surface area contributed by atoms with E-state index < -0.39 is 5.97 Å². The zero-order valence-electron chi connectivity index (χ0n) is 9.06. The number of carboxylic acids is 1. The van der Waals surface area contributed by atoms with Gasteiger partial charge in [-0.25, -0.2) is 0 Å². The lowest BCUT2D eigenvalue weighted by Crippen LogP contribution is -2.36. The number of morpholine rings is 1. The molecule has 0 atom stereocenters. The van der Waals surface area contributed by atoms with Gasteiger partial charge in [0, 0.05) is 18.8 Å². The Bertz CT molecular complexity index is 372. The maximum absolute atomic E-state index is 10.8. The Morgan fingerprint density at radius 3 is 2.69 bits per heavy atom.